The number of carbonyl (C=O) groups is 2. The van der Waals surface area contributed by atoms with E-state index in [1.807, 2.05) is 30.3 Å². The molecule has 2 aromatic heterocycles. The number of urea groups is 1. The molecule has 10 heteroatoms. The Bertz CT molecular complexity index is 1160. The fourth-order valence-corrected chi connectivity index (χ4v) is 5.28. The third kappa shape index (κ3) is 4.08. The Balaban J connectivity index is 1.50. The number of thiophene rings is 1. The quantitative estimate of drug-likeness (QED) is 0.280. The molecule has 0 radical (unpaired) electrons. The highest BCUT2D eigenvalue weighted by atomic mass is 32.1. The zero-order valence-electron chi connectivity index (χ0n) is 17.7. The lowest BCUT2D eigenvalue weighted by molar-refractivity contribution is -0.122. The number of imide groups is 1. The van der Waals surface area contributed by atoms with Gasteiger partial charge in [0.2, 0.25) is 5.13 Å². The number of hydrogen-bond acceptors (Lipinski definition) is 8. The Hall–Kier alpha value is -3.11. The number of fused-ring (bicyclic) bond motifs is 1. The van der Waals surface area contributed by atoms with Crippen LogP contribution in [0.1, 0.15) is 18.7 Å². The number of anilines is 1. The highest BCUT2D eigenvalue weighted by Crippen LogP contribution is 2.36. The molecular formula is C21H22N6O2S2. The largest absolute Gasteiger partial charge is 0.372 e. The third-order valence-corrected chi connectivity index (χ3v) is 7.06. The summed E-state index contributed by atoms with van der Waals surface area (Å²) in [5, 5.41) is 9.15. The van der Waals surface area contributed by atoms with E-state index in [1.54, 1.807) is 13.1 Å². The molecule has 3 aromatic rings. The maximum absolute atomic E-state index is 12.2. The molecule has 1 saturated heterocycles. The van der Waals surface area contributed by atoms with Crippen LogP contribution in [0, 0.1) is 0 Å². The van der Waals surface area contributed by atoms with Crippen LogP contribution in [0.25, 0.3) is 15.6 Å². The predicted octanol–water partition coefficient (Wildman–Crippen LogP) is 5.48. The van der Waals surface area contributed by atoms with Gasteiger partial charge in [-0.2, -0.15) is 0 Å². The highest BCUT2D eigenvalue weighted by Gasteiger charge is 2.35. The predicted molar refractivity (Wildman–Crippen MR) is 126 cm³/mol. The first-order valence-electron chi connectivity index (χ1n) is 9.85. The van der Waals surface area contributed by atoms with E-state index in [0.29, 0.717) is 10.8 Å². The molecule has 0 atom stereocenters. The zero-order valence-corrected chi connectivity index (χ0v) is 19.3. The summed E-state index contributed by atoms with van der Waals surface area (Å²) in [7, 11) is 3.07. The second kappa shape index (κ2) is 8.56. The molecule has 4 rings (SSSR count). The smallest absolute Gasteiger partial charge is 0.331 e. The van der Waals surface area contributed by atoms with Crippen molar-refractivity contribution in [3.05, 3.63) is 40.9 Å². The second-order valence-electron chi connectivity index (χ2n) is 6.94. The summed E-state index contributed by atoms with van der Waals surface area (Å²) in [6.07, 6.45) is 1.72. The Labute approximate surface area is 188 Å². The molecule has 0 saturated carbocycles. The molecule has 0 aliphatic carbocycles. The normalized spacial score (nSPS) is 15.9. The first-order valence-corrected chi connectivity index (χ1v) is 11.5. The van der Waals surface area contributed by atoms with Crippen molar-refractivity contribution in [3.63, 3.8) is 0 Å². The van der Waals surface area contributed by atoms with E-state index in [2.05, 4.69) is 34.0 Å². The van der Waals surface area contributed by atoms with E-state index in [0.717, 1.165) is 38.1 Å². The summed E-state index contributed by atoms with van der Waals surface area (Å²) in [6.45, 7) is 6.19. The molecule has 1 aromatic carbocycles. The monoisotopic (exact) mass is 454 g/mol. The Morgan fingerprint density at radius 3 is 2.32 bits per heavy atom. The minimum atomic E-state index is -0.333. The molecule has 0 unspecified atom stereocenters. The maximum atomic E-state index is 12.2. The minimum absolute atomic E-state index is 0.307. The lowest BCUT2D eigenvalue weighted by Crippen LogP contribution is -2.27. The summed E-state index contributed by atoms with van der Waals surface area (Å²) in [6, 6.07) is 9.61. The van der Waals surface area contributed by atoms with Gasteiger partial charge in [0, 0.05) is 37.7 Å². The van der Waals surface area contributed by atoms with Crippen molar-refractivity contribution in [2.75, 3.05) is 32.1 Å². The van der Waals surface area contributed by atoms with Gasteiger partial charge in [0.1, 0.15) is 10.5 Å². The van der Waals surface area contributed by atoms with E-state index in [1.165, 1.54) is 40.3 Å². The summed E-state index contributed by atoms with van der Waals surface area (Å²) in [4.78, 5) is 35.1. The number of rotatable bonds is 6. The van der Waals surface area contributed by atoms with Crippen molar-refractivity contribution in [3.8, 4) is 0 Å². The van der Waals surface area contributed by atoms with Crippen LogP contribution in [-0.2, 0) is 4.79 Å². The standard InChI is InChI=1S/C21H22N6O2S2/c1-5-27(6-2)14-9-7-13(8-10-14)23-24-20-22-18-17(31-20)12-15(30-18)11-16-19(28)26(4)21(29)25(16)3/h7-12H,5-6H2,1-4H3/b16-11-,24-23?. The van der Waals surface area contributed by atoms with Gasteiger partial charge >= 0.3 is 6.03 Å². The molecule has 1 aliphatic heterocycles. The highest BCUT2D eigenvalue weighted by molar-refractivity contribution is 7.29. The molecule has 3 amide bonds. The number of benzene rings is 1. The van der Waals surface area contributed by atoms with Crippen LogP contribution in [0.4, 0.5) is 21.3 Å². The molecule has 3 heterocycles. The Morgan fingerprint density at radius 2 is 1.74 bits per heavy atom. The number of carbonyl (C=O) groups excluding carboxylic acids is 2. The van der Waals surface area contributed by atoms with Crippen LogP contribution < -0.4 is 4.90 Å². The molecule has 1 fully saturated rings. The van der Waals surface area contributed by atoms with Crippen molar-refractivity contribution >= 4 is 66.7 Å². The summed E-state index contributed by atoms with van der Waals surface area (Å²) in [5.74, 6) is -0.307. The third-order valence-electron chi connectivity index (χ3n) is 5.06. The molecule has 8 nitrogen and oxygen atoms in total. The second-order valence-corrected chi connectivity index (χ2v) is 9.01. The Kier molecular flexibility index (Phi) is 5.84. The average Bonchev–Trinajstić information content (AvgIpc) is 3.38. The van der Waals surface area contributed by atoms with E-state index in [4.69, 9.17) is 0 Å². The van der Waals surface area contributed by atoms with Crippen molar-refractivity contribution < 1.29 is 9.59 Å². The number of likely N-dealkylation sites (N-methyl/N-ethyl adjacent to an activating group) is 2. The fraction of sp³-hybridized carbons (Fsp3) is 0.286. The molecule has 0 spiro atoms. The number of amides is 3. The minimum Gasteiger partial charge on any atom is -0.372 e. The van der Waals surface area contributed by atoms with Crippen LogP contribution in [0.2, 0.25) is 0 Å². The van der Waals surface area contributed by atoms with Crippen molar-refractivity contribution in [1.82, 2.24) is 14.8 Å². The molecular weight excluding hydrogens is 432 g/mol. The van der Waals surface area contributed by atoms with Gasteiger partial charge in [-0.3, -0.25) is 14.6 Å². The van der Waals surface area contributed by atoms with Gasteiger partial charge < -0.3 is 4.90 Å². The van der Waals surface area contributed by atoms with E-state index < -0.39 is 0 Å². The van der Waals surface area contributed by atoms with Gasteiger partial charge in [0.05, 0.1) is 10.4 Å². The van der Waals surface area contributed by atoms with Gasteiger partial charge in [0.25, 0.3) is 5.91 Å². The van der Waals surface area contributed by atoms with Gasteiger partial charge in [-0.05, 0) is 50.3 Å². The fourth-order valence-electron chi connectivity index (χ4n) is 3.30. The molecule has 31 heavy (non-hydrogen) atoms. The van der Waals surface area contributed by atoms with E-state index >= 15 is 0 Å². The van der Waals surface area contributed by atoms with Gasteiger partial charge in [-0.1, -0.05) is 11.3 Å². The van der Waals surface area contributed by atoms with Crippen LogP contribution >= 0.6 is 22.7 Å². The number of nitrogens with zero attached hydrogens (tertiary/aromatic N) is 6. The average molecular weight is 455 g/mol. The van der Waals surface area contributed by atoms with Crippen molar-refractivity contribution in [2.24, 2.45) is 10.2 Å². The Morgan fingerprint density at radius 1 is 1.03 bits per heavy atom. The van der Waals surface area contributed by atoms with Gasteiger partial charge in [-0.25, -0.2) is 9.78 Å². The summed E-state index contributed by atoms with van der Waals surface area (Å²) < 4.78 is 0.968. The lowest BCUT2D eigenvalue weighted by Gasteiger charge is -2.20. The van der Waals surface area contributed by atoms with Gasteiger partial charge in [-0.15, -0.1) is 21.6 Å². The topological polar surface area (TPSA) is 81.5 Å². The van der Waals surface area contributed by atoms with E-state index in [9.17, 15) is 9.59 Å². The molecule has 160 valence electrons. The number of thiazole rings is 1. The van der Waals surface area contributed by atoms with Crippen LogP contribution in [-0.4, -0.2) is 53.9 Å². The van der Waals surface area contributed by atoms with E-state index in [-0.39, 0.29) is 11.9 Å². The molecule has 0 bridgehead atoms. The van der Waals surface area contributed by atoms with Crippen LogP contribution in [0.15, 0.2) is 46.3 Å². The number of hydrogen-bond donors (Lipinski definition) is 0. The first-order chi connectivity index (χ1) is 14.9. The molecule has 1 aliphatic rings. The van der Waals surface area contributed by atoms with Crippen molar-refractivity contribution in [2.45, 2.75) is 13.8 Å². The zero-order chi connectivity index (χ0) is 22.1. The van der Waals surface area contributed by atoms with Crippen LogP contribution in [0.3, 0.4) is 0 Å². The van der Waals surface area contributed by atoms with Crippen LogP contribution in [0.5, 0.6) is 0 Å². The summed E-state index contributed by atoms with van der Waals surface area (Å²) >= 11 is 2.89. The number of aromatic nitrogens is 1. The van der Waals surface area contributed by atoms with Crippen molar-refractivity contribution in [1.29, 1.82) is 0 Å². The maximum Gasteiger partial charge on any atom is 0.331 e. The first kappa shape index (κ1) is 21.1. The number of azo groups is 1. The van der Waals surface area contributed by atoms with Gasteiger partial charge in [0.15, 0.2) is 0 Å². The SMILES string of the molecule is CCN(CC)c1ccc(N=Nc2nc3sc(/C=C4/C(=O)N(C)C(=O)N4C)cc3s2)cc1. The molecule has 0 N–H and O–H groups in total. The lowest BCUT2D eigenvalue weighted by atomic mass is 10.2. The summed E-state index contributed by atoms with van der Waals surface area (Å²) in [5.41, 5.74) is 2.30.